The second kappa shape index (κ2) is 7.68. The molecule has 2 rings (SSSR count). The Labute approximate surface area is 146 Å². The number of sulfonamides is 1. The van der Waals surface area contributed by atoms with Gasteiger partial charge >= 0.3 is 5.97 Å². The average Bonchev–Trinajstić information content (AvgIpc) is 2.51. The van der Waals surface area contributed by atoms with E-state index in [0.717, 1.165) is 5.56 Å². The van der Waals surface area contributed by atoms with Crippen molar-refractivity contribution in [2.45, 2.75) is 19.6 Å². The van der Waals surface area contributed by atoms with Gasteiger partial charge in [-0.1, -0.05) is 35.9 Å². The van der Waals surface area contributed by atoms with E-state index in [1.54, 1.807) is 19.1 Å². The van der Waals surface area contributed by atoms with Crippen molar-refractivity contribution >= 4 is 33.3 Å². The van der Waals surface area contributed by atoms with Crippen molar-refractivity contribution in [3.05, 3.63) is 64.2 Å². The molecule has 0 radical (unpaired) electrons. The molecule has 0 aliphatic carbocycles. The van der Waals surface area contributed by atoms with Crippen molar-refractivity contribution in [2.75, 3.05) is 11.3 Å². The fraction of sp³-hybridized carbons (Fsp3) is 0.235. The Balaban J connectivity index is 2.22. The molecule has 0 aromatic heterocycles. The summed E-state index contributed by atoms with van der Waals surface area (Å²) in [6.45, 7) is 3.74. The molecule has 0 atom stereocenters. The molecule has 0 saturated heterocycles. The molecule has 0 spiro atoms. The van der Waals surface area contributed by atoms with Crippen LogP contribution in [0.3, 0.4) is 0 Å². The Morgan fingerprint density at radius 2 is 1.92 bits per heavy atom. The number of esters is 1. The van der Waals surface area contributed by atoms with Crippen LogP contribution in [0.15, 0.2) is 42.5 Å². The van der Waals surface area contributed by atoms with Gasteiger partial charge in [-0.3, -0.25) is 4.72 Å². The van der Waals surface area contributed by atoms with Crippen molar-refractivity contribution in [1.29, 1.82) is 0 Å². The predicted molar refractivity (Wildman–Crippen MR) is 94.8 cm³/mol. The molecule has 0 amide bonds. The highest BCUT2D eigenvalue weighted by molar-refractivity contribution is 7.91. The third kappa shape index (κ3) is 4.72. The smallest absolute Gasteiger partial charge is 0.339 e. The molecule has 0 aliphatic rings. The maximum absolute atomic E-state index is 12.4. The molecule has 5 nitrogen and oxygen atoms in total. The zero-order chi connectivity index (χ0) is 17.7. The topological polar surface area (TPSA) is 72.5 Å². The van der Waals surface area contributed by atoms with Crippen LogP contribution in [0.1, 0.15) is 28.4 Å². The summed E-state index contributed by atoms with van der Waals surface area (Å²) < 4.78 is 32.1. The highest BCUT2D eigenvalue weighted by Crippen LogP contribution is 2.23. The molecule has 0 unspecified atom stereocenters. The van der Waals surface area contributed by atoms with E-state index in [-0.39, 0.29) is 28.6 Å². The SMILES string of the molecule is CCOC(=O)c1cc(NS(=O)(=O)Cc2ccccc2C)ccc1Cl. The monoisotopic (exact) mass is 367 g/mol. The number of benzene rings is 2. The van der Waals surface area contributed by atoms with Crippen molar-refractivity contribution in [3.63, 3.8) is 0 Å². The molecule has 1 N–H and O–H groups in total. The number of aryl methyl sites for hydroxylation is 1. The lowest BCUT2D eigenvalue weighted by molar-refractivity contribution is 0.0526. The number of rotatable bonds is 6. The molecule has 0 saturated carbocycles. The molecule has 2 aromatic carbocycles. The highest BCUT2D eigenvalue weighted by Gasteiger charge is 2.16. The second-order valence-electron chi connectivity index (χ2n) is 5.20. The van der Waals surface area contributed by atoms with Gasteiger partial charge in [-0.05, 0) is 43.2 Å². The first kappa shape index (κ1) is 18.3. The van der Waals surface area contributed by atoms with Gasteiger partial charge in [0.2, 0.25) is 10.0 Å². The van der Waals surface area contributed by atoms with E-state index in [9.17, 15) is 13.2 Å². The number of carbonyl (C=O) groups excluding carboxylic acids is 1. The molecule has 0 heterocycles. The molecular weight excluding hydrogens is 350 g/mol. The second-order valence-corrected chi connectivity index (χ2v) is 7.33. The van der Waals surface area contributed by atoms with Gasteiger partial charge < -0.3 is 4.74 Å². The minimum absolute atomic E-state index is 0.120. The maximum atomic E-state index is 12.4. The lowest BCUT2D eigenvalue weighted by Gasteiger charge is -2.11. The average molecular weight is 368 g/mol. The van der Waals surface area contributed by atoms with Gasteiger partial charge in [-0.25, -0.2) is 13.2 Å². The quantitative estimate of drug-likeness (QED) is 0.789. The minimum Gasteiger partial charge on any atom is -0.462 e. The van der Waals surface area contributed by atoms with Gasteiger partial charge in [0.05, 0.1) is 22.9 Å². The Kier molecular flexibility index (Phi) is 5.85. The normalized spacial score (nSPS) is 11.1. The van der Waals surface area contributed by atoms with E-state index in [4.69, 9.17) is 16.3 Å². The van der Waals surface area contributed by atoms with Crippen molar-refractivity contribution in [2.24, 2.45) is 0 Å². The van der Waals surface area contributed by atoms with Crippen LogP contribution in [0, 0.1) is 6.92 Å². The summed E-state index contributed by atoms with van der Waals surface area (Å²) in [5, 5.41) is 0.204. The van der Waals surface area contributed by atoms with E-state index < -0.39 is 16.0 Å². The van der Waals surface area contributed by atoms with Gasteiger partial charge in [-0.15, -0.1) is 0 Å². The van der Waals surface area contributed by atoms with Crippen LogP contribution in [-0.4, -0.2) is 21.0 Å². The fourth-order valence-electron chi connectivity index (χ4n) is 2.15. The highest BCUT2D eigenvalue weighted by atomic mass is 35.5. The molecule has 128 valence electrons. The standard InChI is InChI=1S/C17H18ClNO4S/c1-3-23-17(20)15-10-14(8-9-16(15)18)19-24(21,22)11-13-7-5-4-6-12(13)2/h4-10,19H,3,11H2,1-2H3. The number of carbonyl (C=O) groups is 1. The Hall–Kier alpha value is -2.05. The maximum Gasteiger partial charge on any atom is 0.339 e. The number of nitrogens with one attached hydrogen (secondary N) is 1. The van der Waals surface area contributed by atoms with Gasteiger partial charge in [0.25, 0.3) is 0 Å². The van der Waals surface area contributed by atoms with Crippen LogP contribution in [0.25, 0.3) is 0 Å². The van der Waals surface area contributed by atoms with Crippen LogP contribution in [0.4, 0.5) is 5.69 Å². The summed E-state index contributed by atoms with van der Waals surface area (Å²) in [6, 6.07) is 11.6. The molecule has 7 heteroatoms. The largest absolute Gasteiger partial charge is 0.462 e. The summed E-state index contributed by atoms with van der Waals surface area (Å²) in [4.78, 5) is 11.8. The third-order valence-electron chi connectivity index (χ3n) is 3.34. The number of anilines is 1. The Morgan fingerprint density at radius 1 is 1.21 bits per heavy atom. The van der Waals surface area contributed by atoms with E-state index in [1.807, 2.05) is 19.1 Å². The summed E-state index contributed by atoms with van der Waals surface area (Å²) in [7, 11) is -3.62. The van der Waals surface area contributed by atoms with E-state index in [1.165, 1.54) is 18.2 Å². The summed E-state index contributed by atoms with van der Waals surface area (Å²) in [5.74, 6) is -0.751. The predicted octanol–water partition coefficient (Wildman–Crippen LogP) is 3.77. The zero-order valence-electron chi connectivity index (χ0n) is 13.4. The van der Waals surface area contributed by atoms with Crippen molar-refractivity contribution in [1.82, 2.24) is 0 Å². The number of hydrogen-bond acceptors (Lipinski definition) is 4. The molecule has 2 aromatic rings. The van der Waals surface area contributed by atoms with Gasteiger partial charge in [0.1, 0.15) is 0 Å². The van der Waals surface area contributed by atoms with E-state index in [2.05, 4.69) is 4.72 Å². The molecule has 24 heavy (non-hydrogen) atoms. The fourth-order valence-corrected chi connectivity index (χ4v) is 3.63. The lowest BCUT2D eigenvalue weighted by atomic mass is 10.1. The Morgan fingerprint density at radius 3 is 2.58 bits per heavy atom. The molecule has 0 fully saturated rings. The first-order valence-corrected chi connectivity index (χ1v) is 9.37. The lowest BCUT2D eigenvalue weighted by Crippen LogP contribution is -2.16. The third-order valence-corrected chi connectivity index (χ3v) is 4.91. The summed E-state index contributed by atoms with van der Waals surface area (Å²) in [6.07, 6.45) is 0. The van der Waals surface area contributed by atoms with E-state index >= 15 is 0 Å². The number of hydrogen-bond donors (Lipinski definition) is 1. The van der Waals surface area contributed by atoms with Crippen LogP contribution < -0.4 is 4.72 Å². The van der Waals surface area contributed by atoms with Crippen molar-refractivity contribution in [3.8, 4) is 0 Å². The Bertz CT molecular complexity index is 849. The molecular formula is C17H18ClNO4S. The van der Waals surface area contributed by atoms with E-state index in [0.29, 0.717) is 5.56 Å². The van der Waals surface area contributed by atoms with Crippen LogP contribution in [0.2, 0.25) is 5.02 Å². The van der Waals surface area contributed by atoms with Crippen LogP contribution in [0.5, 0.6) is 0 Å². The zero-order valence-corrected chi connectivity index (χ0v) is 14.9. The van der Waals surface area contributed by atoms with Gasteiger partial charge in [0.15, 0.2) is 0 Å². The summed E-state index contributed by atoms with van der Waals surface area (Å²) in [5.41, 5.74) is 1.99. The minimum atomic E-state index is -3.62. The first-order valence-electron chi connectivity index (χ1n) is 7.34. The van der Waals surface area contributed by atoms with Crippen LogP contribution >= 0.6 is 11.6 Å². The number of halogens is 1. The van der Waals surface area contributed by atoms with Crippen molar-refractivity contribution < 1.29 is 17.9 Å². The van der Waals surface area contributed by atoms with Gasteiger partial charge in [-0.2, -0.15) is 0 Å². The number of ether oxygens (including phenoxy) is 1. The molecule has 0 bridgehead atoms. The van der Waals surface area contributed by atoms with Gasteiger partial charge in [0, 0.05) is 5.69 Å². The molecule has 0 aliphatic heterocycles. The first-order chi connectivity index (χ1) is 11.3. The summed E-state index contributed by atoms with van der Waals surface area (Å²) >= 11 is 5.97. The van der Waals surface area contributed by atoms with Crippen LogP contribution in [-0.2, 0) is 20.5 Å².